The highest BCUT2D eigenvalue weighted by atomic mass is 16.5. The maximum atomic E-state index is 6.78. The predicted octanol–water partition coefficient (Wildman–Crippen LogP) is 11.5. The van der Waals surface area contributed by atoms with E-state index in [1.165, 1.54) is 39.0 Å². The molecule has 8 aromatic rings. The molecular weight excluding hydrogens is 625 g/mol. The van der Waals surface area contributed by atoms with Gasteiger partial charge in [-0.3, -0.25) is 0 Å². The quantitative estimate of drug-likeness (QED) is 0.190. The van der Waals surface area contributed by atoms with Crippen LogP contribution < -0.4 is 4.74 Å². The molecule has 0 radical (unpaired) electrons. The summed E-state index contributed by atoms with van der Waals surface area (Å²) in [5.41, 5.74) is 13.6. The monoisotopic (exact) mass is 654 g/mol. The molecule has 2 aliphatic carbocycles. The van der Waals surface area contributed by atoms with Crippen LogP contribution in [0.25, 0.3) is 61.3 Å². The molecule has 4 heteroatoms. The Hall–Kier alpha value is -6.52. The van der Waals surface area contributed by atoms with E-state index in [2.05, 4.69) is 127 Å². The first-order chi connectivity index (χ1) is 25.3. The minimum absolute atomic E-state index is 0.506. The molecule has 1 aliphatic heterocycles. The standard InChI is InChI=1S/C47H30N2O2/c1-2-12-29(13-3-1)46-48-40(28-41(49-46)31-22-24-35-34-16-6-10-20-42(34)50-45(35)27-31)30-23-25-44-39(26-30)47(38-19-9-11-21-43(38)51-44)36-17-7-4-14-32(36)33-15-5-8-18-37(33)47/h1-22,24,26-28H,23,25H2. The van der Waals surface area contributed by atoms with E-state index in [0.29, 0.717) is 5.82 Å². The zero-order valence-electron chi connectivity index (χ0n) is 27.6. The number of hydrogen-bond donors (Lipinski definition) is 0. The van der Waals surface area contributed by atoms with Gasteiger partial charge in [0.1, 0.15) is 22.7 Å². The minimum atomic E-state index is -0.506. The summed E-state index contributed by atoms with van der Waals surface area (Å²) in [5.74, 6) is 2.65. The van der Waals surface area contributed by atoms with Crippen LogP contribution in [0.3, 0.4) is 0 Å². The van der Waals surface area contributed by atoms with Crippen molar-refractivity contribution in [1.82, 2.24) is 9.97 Å². The van der Waals surface area contributed by atoms with Crippen molar-refractivity contribution in [3.8, 4) is 39.5 Å². The number of rotatable bonds is 3. The molecule has 0 saturated carbocycles. The number of benzene rings is 6. The lowest BCUT2D eigenvalue weighted by molar-refractivity contribution is 0.365. The number of aromatic nitrogens is 2. The summed E-state index contributed by atoms with van der Waals surface area (Å²) in [6.45, 7) is 0. The fourth-order valence-corrected chi connectivity index (χ4v) is 8.66. The zero-order chi connectivity index (χ0) is 33.5. The molecule has 3 heterocycles. The normalized spacial score (nSPS) is 15.3. The van der Waals surface area contributed by atoms with Crippen molar-refractivity contribution in [2.45, 2.75) is 18.3 Å². The fourth-order valence-electron chi connectivity index (χ4n) is 8.66. The first-order valence-electron chi connectivity index (χ1n) is 17.5. The second-order valence-corrected chi connectivity index (χ2v) is 13.6. The van der Waals surface area contributed by atoms with Crippen molar-refractivity contribution < 1.29 is 9.15 Å². The van der Waals surface area contributed by atoms with Crippen molar-refractivity contribution in [3.05, 3.63) is 191 Å². The van der Waals surface area contributed by atoms with Crippen LogP contribution in [-0.2, 0) is 5.41 Å². The van der Waals surface area contributed by atoms with Crippen LogP contribution in [-0.4, -0.2) is 9.97 Å². The van der Waals surface area contributed by atoms with Gasteiger partial charge in [-0.2, -0.15) is 0 Å². The van der Waals surface area contributed by atoms with Crippen LogP contribution in [0.5, 0.6) is 5.75 Å². The summed E-state index contributed by atoms with van der Waals surface area (Å²) in [5, 5.41) is 2.21. The Balaban J connectivity index is 1.13. The maximum absolute atomic E-state index is 6.78. The number of furan rings is 1. The van der Waals surface area contributed by atoms with Crippen molar-refractivity contribution in [3.63, 3.8) is 0 Å². The van der Waals surface area contributed by atoms with Gasteiger partial charge in [0.2, 0.25) is 0 Å². The van der Waals surface area contributed by atoms with Crippen molar-refractivity contribution in [2.75, 3.05) is 0 Å². The number of hydrogen-bond acceptors (Lipinski definition) is 4. The van der Waals surface area contributed by atoms with Crippen LogP contribution >= 0.6 is 0 Å². The van der Waals surface area contributed by atoms with Crippen molar-refractivity contribution in [2.24, 2.45) is 0 Å². The molecule has 0 N–H and O–H groups in total. The molecule has 0 atom stereocenters. The highest BCUT2D eigenvalue weighted by Crippen LogP contribution is 2.62. The van der Waals surface area contributed by atoms with E-state index in [4.69, 9.17) is 19.1 Å². The van der Waals surface area contributed by atoms with Gasteiger partial charge in [0.05, 0.1) is 16.8 Å². The molecule has 11 rings (SSSR count). The summed E-state index contributed by atoms with van der Waals surface area (Å²) < 4.78 is 13.1. The Morgan fingerprint density at radius 3 is 2.00 bits per heavy atom. The van der Waals surface area contributed by atoms with E-state index < -0.39 is 5.41 Å². The van der Waals surface area contributed by atoms with Gasteiger partial charge in [-0.05, 0) is 70.7 Å². The lowest BCUT2D eigenvalue weighted by atomic mass is 9.64. The molecule has 51 heavy (non-hydrogen) atoms. The third kappa shape index (κ3) is 4.08. The molecule has 2 aromatic heterocycles. The summed E-state index contributed by atoms with van der Waals surface area (Å²) >= 11 is 0. The molecule has 0 unspecified atom stereocenters. The first-order valence-corrected chi connectivity index (χ1v) is 17.5. The summed E-state index contributed by atoms with van der Waals surface area (Å²) in [6.07, 6.45) is 3.94. The van der Waals surface area contributed by atoms with E-state index >= 15 is 0 Å². The molecule has 0 bridgehead atoms. The molecule has 3 aliphatic rings. The number of nitrogens with zero attached hydrogens (tertiary/aromatic N) is 2. The van der Waals surface area contributed by atoms with Crippen LogP contribution in [0.4, 0.5) is 0 Å². The van der Waals surface area contributed by atoms with Gasteiger partial charge in [-0.25, -0.2) is 9.97 Å². The number of fused-ring (bicyclic) bond motifs is 11. The van der Waals surface area contributed by atoms with E-state index in [0.717, 1.165) is 68.8 Å². The topological polar surface area (TPSA) is 48.2 Å². The molecule has 1 spiro atoms. The Kier molecular flexibility index (Phi) is 5.97. The SMILES string of the molecule is C1=C(c2cc(-c3ccc4c(c3)oc3ccccc34)nc(-c3ccccc3)n2)CCC2=C1C1(c3ccccc3O2)c2ccccc2-c2ccccc21. The molecule has 0 saturated heterocycles. The van der Waals surface area contributed by atoms with Gasteiger partial charge in [0, 0.05) is 39.5 Å². The Labute approximate surface area is 295 Å². The second-order valence-electron chi connectivity index (χ2n) is 13.6. The van der Waals surface area contributed by atoms with Crippen molar-refractivity contribution in [1.29, 1.82) is 0 Å². The molecule has 0 amide bonds. The Morgan fingerprint density at radius 2 is 1.18 bits per heavy atom. The predicted molar refractivity (Wildman–Crippen MR) is 203 cm³/mol. The van der Waals surface area contributed by atoms with E-state index in [9.17, 15) is 0 Å². The van der Waals surface area contributed by atoms with Crippen LogP contribution in [0.1, 0.15) is 35.2 Å². The first kappa shape index (κ1) is 28.3. The van der Waals surface area contributed by atoms with E-state index in [-0.39, 0.29) is 0 Å². The molecule has 0 fully saturated rings. The molecule has 6 aromatic carbocycles. The summed E-state index contributed by atoms with van der Waals surface area (Å²) in [7, 11) is 0. The average Bonchev–Trinajstić information content (AvgIpc) is 3.72. The number of ether oxygens (including phenoxy) is 1. The highest BCUT2D eigenvalue weighted by Gasteiger charge is 2.52. The van der Waals surface area contributed by atoms with Gasteiger partial charge < -0.3 is 9.15 Å². The second kappa shape index (κ2) is 10.7. The average molecular weight is 655 g/mol. The maximum Gasteiger partial charge on any atom is 0.160 e. The number of allylic oxidation sites excluding steroid dienone is 4. The van der Waals surface area contributed by atoms with Gasteiger partial charge in [-0.15, -0.1) is 0 Å². The van der Waals surface area contributed by atoms with Gasteiger partial charge in [0.15, 0.2) is 5.82 Å². The summed E-state index contributed by atoms with van der Waals surface area (Å²) in [4.78, 5) is 10.4. The smallest absolute Gasteiger partial charge is 0.160 e. The lowest BCUT2D eigenvalue weighted by Gasteiger charge is -2.41. The Morgan fingerprint density at radius 1 is 0.510 bits per heavy atom. The van der Waals surface area contributed by atoms with Crippen LogP contribution in [0.15, 0.2) is 173 Å². The van der Waals surface area contributed by atoms with Gasteiger partial charge in [0.25, 0.3) is 0 Å². The molecule has 240 valence electrons. The Bertz CT molecular complexity index is 2740. The zero-order valence-corrected chi connectivity index (χ0v) is 27.6. The largest absolute Gasteiger partial charge is 0.461 e. The van der Waals surface area contributed by atoms with Crippen LogP contribution in [0.2, 0.25) is 0 Å². The highest BCUT2D eigenvalue weighted by molar-refractivity contribution is 6.05. The fraction of sp³-hybridized carbons (Fsp3) is 0.0638. The third-order valence-electron chi connectivity index (χ3n) is 10.9. The van der Waals surface area contributed by atoms with Gasteiger partial charge >= 0.3 is 0 Å². The van der Waals surface area contributed by atoms with Crippen molar-refractivity contribution >= 4 is 27.5 Å². The third-order valence-corrected chi connectivity index (χ3v) is 10.9. The minimum Gasteiger partial charge on any atom is -0.461 e. The van der Waals surface area contributed by atoms with E-state index in [1.807, 2.05) is 30.3 Å². The number of para-hydroxylation sites is 2. The van der Waals surface area contributed by atoms with Gasteiger partial charge in [-0.1, -0.05) is 121 Å². The van der Waals surface area contributed by atoms with Crippen LogP contribution in [0, 0.1) is 0 Å². The van der Waals surface area contributed by atoms with E-state index in [1.54, 1.807) is 0 Å². The summed E-state index contributed by atoms with van der Waals surface area (Å²) in [6, 6.07) is 53.3. The molecular formula is C47H30N2O2. The molecule has 4 nitrogen and oxygen atoms in total. The lowest BCUT2D eigenvalue weighted by Crippen LogP contribution is -2.35.